The van der Waals surface area contributed by atoms with Crippen LogP contribution in [0.5, 0.6) is 0 Å². The van der Waals surface area contributed by atoms with Crippen LogP contribution in [-0.4, -0.2) is 20.3 Å². The largest absolute Gasteiger partial charge is 0.410 e. The van der Waals surface area contributed by atoms with E-state index >= 15 is 0 Å². The van der Waals surface area contributed by atoms with Crippen molar-refractivity contribution in [1.82, 2.24) is 9.97 Å². The molecular weight excluding hydrogens is 224 g/mol. The highest BCUT2D eigenvalue weighted by Crippen LogP contribution is 2.21. The molecule has 7 heteroatoms. The van der Waals surface area contributed by atoms with Crippen molar-refractivity contribution in [3.05, 3.63) is 22.2 Å². The van der Waals surface area contributed by atoms with Crippen molar-refractivity contribution in [3.63, 3.8) is 0 Å². The van der Waals surface area contributed by atoms with Gasteiger partial charge < -0.3 is 5.21 Å². The van der Waals surface area contributed by atoms with E-state index in [2.05, 4.69) is 15.1 Å². The van der Waals surface area contributed by atoms with Gasteiger partial charge in [0, 0.05) is 0 Å². The predicted molar refractivity (Wildman–Crippen MR) is 46.2 cm³/mol. The second-order valence-electron chi connectivity index (χ2n) is 1.72. The molecule has 0 radical (unpaired) electrons. The summed E-state index contributed by atoms with van der Waals surface area (Å²) in [6.45, 7) is 0. The highest BCUT2D eigenvalue weighted by molar-refractivity contribution is 6.71. The van der Waals surface area contributed by atoms with Crippen molar-refractivity contribution in [2.24, 2.45) is 5.16 Å². The van der Waals surface area contributed by atoms with Crippen LogP contribution in [0.3, 0.4) is 0 Å². The van der Waals surface area contributed by atoms with Crippen molar-refractivity contribution in [1.29, 1.82) is 0 Å². The van der Waals surface area contributed by atoms with Gasteiger partial charge >= 0.3 is 0 Å². The second-order valence-corrected chi connectivity index (χ2v) is 2.80. The molecule has 0 amide bonds. The van der Waals surface area contributed by atoms with Crippen LogP contribution in [0.1, 0.15) is 5.56 Å². The van der Waals surface area contributed by atoms with E-state index in [4.69, 9.17) is 40.0 Å². The fourth-order valence-electron chi connectivity index (χ4n) is 0.565. The van der Waals surface area contributed by atoms with Gasteiger partial charge in [0.05, 0.1) is 5.56 Å². The minimum atomic E-state index is -0.245. The molecule has 0 fully saturated rings. The number of hydrogen-bond donors (Lipinski definition) is 1. The zero-order valence-electron chi connectivity index (χ0n) is 5.50. The molecule has 0 bridgehead atoms. The molecule has 0 spiro atoms. The Balaban J connectivity index is 3.31. The minimum Gasteiger partial charge on any atom is -0.410 e. The third-order valence-electron chi connectivity index (χ3n) is 1.05. The molecule has 0 saturated heterocycles. The Labute approximate surface area is 82.8 Å². The Morgan fingerprint density at radius 1 is 1.33 bits per heavy atom. The van der Waals surface area contributed by atoms with Gasteiger partial charge in [-0.2, -0.15) is 0 Å². The lowest BCUT2D eigenvalue weighted by atomic mass is 10.4. The molecule has 0 aliphatic heterocycles. The Morgan fingerprint density at radius 3 is 2.25 bits per heavy atom. The lowest BCUT2D eigenvalue weighted by Gasteiger charge is -1.99. The molecule has 1 aromatic heterocycles. The predicted octanol–water partition coefficient (Wildman–Crippen LogP) is 2.16. The summed E-state index contributed by atoms with van der Waals surface area (Å²) in [5.74, 6) is 0. The molecule has 1 N–H and O–H groups in total. The first-order valence-corrected chi connectivity index (χ1v) is 3.84. The summed E-state index contributed by atoms with van der Waals surface area (Å²) >= 11 is 16.6. The van der Waals surface area contributed by atoms with E-state index in [9.17, 15) is 0 Å². The first-order valence-electron chi connectivity index (χ1n) is 2.70. The Kier molecular flexibility index (Phi) is 3.08. The fourth-order valence-corrected chi connectivity index (χ4v) is 1.33. The summed E-state index contributed by atoms with van der Waals surface area (Å²) in [7, 11) is 0. The number of nitrogens with zero attached hydrogens (tertiary/aromatic N) is 3. The van der Waals surface area contributed by atoms with Crippen LogP contribution in [0.25, 0.3) is 0 Å². The molecular formula is C5H2Cl3N3O. The van der Waals surface area contributed by atoms with Crippen molar-refractivity contribution in [2.75, 3.05) is 0 Å². The van der Waals surface area contributed by atoms with Gasteiger partial charge in [-0.3, -0.25) is 0 Å². The molecule has 0 aliphatic carbocycles. The number of halogens is 3. The molecule has 0 atom stereocenters. The maximum atomic E-state index is 8.32. The van der Waals surface area contributed by atoms with E-state index < -0.39 is 0 Å². The fraction of sp³-hybridized carbons (Fsp3) is 0. The summed E-state index contributed by atoms with van der Waals surface area (Å²) < 4.78 is 0. The zero-order valence-corrected chi connectivity index (χ0v) is 7.77. The number of aromatic nitrogens is 2. The van der Waals surface area contributed by atoms with E-state index in [1.807, 2.05) is 0 Å². The molecule has 0 aliphatic rings. The number of hydrogen-bond acceptors (Lipinski definition) is 4. The lowest BCUT2D eigenvalue weighted by Crippen LogP contribution is -1.97. The van der Waals surface area contributed by atoms with E-state index in [1.165, 1.54) is 6.33 Å². The Hall–Kier alpha value is -0.580. The summed E-state index contributed by atoms with van der Waals surface area (Å²) in [5.41, 5.74) is 0.116. The molecule has 1 heterocycles. The van der Waals surface area contributed by atoms with E-state index in [0.29, 0.717) is 0 Å². The van der Waals surface area contributed by atoms with Gasteiger partial charge in [-0.15, -0.1) is 0 Å². The molecule has 1 aromatic rings. The smallest absolute Gasteiger partial charge is 0.181 e. The number of rotatable bonds is 1. The average molecular weight is 226 g/mol. The molecule has 0 aromatic carbocycles. The van der Waals surface area contributed by atoms with Gasteiger partial charge in [-0.25, -0.2) is 9.97 Å². The van der Waals surface area contributed by atoms with Crippen LogP contribution in [0, 0.1) is 0 Å². The molecule has 64 valence electrons. The van der Waals surface area contributed by atoms with E-state index in [0.717, 1.165) is 0 Å². The van der Waals surface area contributed by atoms with Gasteiger partial charge in [0.15, 0.2) is 5.17 Å². The summed E-state index contributed by atoms with van der Waals surface area (Å²) in [5, 5.41) is 10.9. The minimum absolute atomic E-state index is 0.0396. The van der Waals surface area contributed by atoms with Crippen LogP contribution in [0.4, 0.5) is 0 Å². The third kappa shape index (κ3) is 1.77. The second kappa shape index (κ2) is 3.89. The Morgan fingerprint density at radius 2 is 1.83 bits per heavy atom. The third-order valence-corrected chi connectivity index (χ3v) is 1.89. The quantitative estimate of drug-likeness (QED) is 0.345. The molecule has 1 rings (SSSR count). The summed E-state index contributed by atoms with van der Waals surface area (Å²) in [4.78, 5) is 7.20. The van der Waals surface area contributed by atoms with Crippen molar-refractivity contribution >= 4 is 40.0 Å². The van der Waals surface area contributed by atoms with Crippen molar-refractivity contribution in [3.8, 4) is 0 Å². The van der Waals surface area contributed by atoms with Crippen molar-refractivity contribution in [2.45, 2.75) is 0 Å². The van der Waals surface area contributed by atoms with Gasteiger partial charge in [0.2, 0.25) is 0 Å². The van der Waals surface area contributed by atoms with Crippen LogP contribution in [0.15, 0.2) is 11.5 Å². The lowest BCUT2D eigenvalue weighted by molar-refractivity contribution is 0.321. The van der Waals surface area contributed by atoms with E-state index in [-0.39, 0.29) is 21.0 Å². The Bertz CT molecular complexity index is 307. The monoisotopic (exact) mass is 225 g/mol. The van der Waals surface area contributed by atoms with Gasteiger partial charge in [0.25, 0.3) is 0 Å². The van der Waals surface area contributed by atoms with Crippen LogP contribution >= 0.6 is 34.8 Å². The van der Waals surface area contributed by atoms with Crippen LogP contribution in [-0.2, 0) is 0 Å². The summed E-state index contributed by atoms with van der Waals surface area (Å²) in [6.07, 6.45) is 1.18. The SMILES string of the molecule is O/N=C(\Cl)c1c(Cl)ncnc1Cl. The van der Waals surface area contributed by atoms with Gasteiger partial charge in [0.1, 0.15) is 16.6 Å². The maximum Gasteiger partial charge on any atom is 0.181 e. The topological polar surface area (TPSA) is 58.4 Å². The highest BCUT2D eigenvalue weighted by Gasteiger charge is 2.12. The molecule has 0 unspecified atom stereocenters. The molecule has 0 saturated carbocycles. The van der Waals surface area contributed by atoms with Crippen LogP contribution in [0.2, 0.25) is 10.3 Å². The molecule has 12 heavy (non-hydrogen) atoms. The van der Waals surface area contributed by atoms with Crippen molar-refractivity contribution < 1.29 is 5.21 Å². The van der Waals surface area contributed by atoms with Crippen LogP contribution < -0.4 is 0 Å². The van der Waals surface area contributed by atoms with Gasteiger partial charge in [-0.05, 0) is 0 Å². The molecule has 4 nitrogen and oxygen atoms in total. The highest BCUT2D eigenvalue weighted by atomic mass is 35.5. The zero-order chi connectivity index (χ0) is 9.14. The maximum absolute atomic E-state index is 8.32. The summed E-state index contributed by atoms with van der Waals surface area (Å²) in [6, 6.07) is 0. The normalized spacial score (nSPS) is 11.8. The first kappa shape index (κ1) is 9.51. The number of oxime groups is 1. The average Bonchev–Trinajstić information content (AvgIpc) is 2.03. The first-order chi connectivity index (χ1) is 5.66. The van der Waals surface area contributed by atoms with Gasteiger partial charge in [-0.1, -0.05) is 40.0 Å². The standard InChI is InChI=1S/C5H2Cl3N3O/c6-3-2(5(8)11-12)4(7)10-1-9-3/h1,12H/b11-5-. The van der Waals surface area contributed by atoms with E-state index in [1.54, 1.807) is 0 Å².